The highest BCUT2D eigenvalue weighted by atomic mass is 32.1. The summed E-state index contributed by atoms with van der Waals surface area (Å²) >= 11 is 1.13. The van der Waals surface area contributed by atoms with Crippen molar-refractivity contribution in [3.63, 3.8) is 0 Å². The van der Waals surface area contributed by atoms with Crippen LogP contribution in [0.5, 0.6) is 0 Å². The molecule has 0 unspecified atom stereocenters. The van der Waals surface area contributed by atoms with E-state index in [9.17, 15) is 14.4 Å². The predicted octanol–water partition coefficient (Wildman–Crippen LogP) is 3.20. The van der Waals surface area contributed by atoms with E-state index >= 15 is 0 Å². The number of carbonyl (C=O) groups is 2. The van der Waals surface area contributed by atoms with Gasteiger partial charge in [0, 0.05) is 29.7 Å². The van der Waals surface area contributed by atoms with Crippen molar-refractivity contribution in [2.45, 2.75) is 39.7 Å². The lowest BCUT2D eigenvalue weighted by atomic mass is 10.2. The third-order valence-electron chi connectivity index (χ3n) is 3.67. The number of esters is 1. The van der Waals surface area contributed by atoms with Crippen LogP contribution in [-0.2, 0) is 16.1 Å². The monoisotopic (exact) mass is 362 g/mol. The molecule has 25 heavy (non-hydrogen) atoms. The van der Waals surface area contributed by atoms with Crippen LogP contribution in [0, 0.1) is 6.92 Å². The number of thiazole rings is 1. The Labute approximate surface area is 150 Å². The van der Waals surface area contributed by atoms with Crippen molar-refractivity contribution >= 4 is 28.9 Å². The third kappa shape index (κ3) is 5.56. The van der Waals surface area contributed by atoms with Crippen molar-refractivity contribution in [3.8, 4) is 0 Å². The standard InChI is InChI=1S/C18H22N2O4S/c1-3-4-11-24-17(22)14-5-7-15(8-6-14)19-16(21)9-10-20-13(2)12-25-18(20)23/h5-8,12H,3-4,9-11H2,1-2H3,(H,19,21). The van der Waals surface area contributed by atoms with Crippen molar-refractivity contribution in [1.82, 2.24) is 4.57 Å². The van der Waals surface area contributed by atoms with Gasteiger partial charge in [0.15, 0.2) is 0 Å². The summed E-state index contributed by atoms with van der Waals surface area (Å²) in [6.45, 7) is 4.63. The van der Waals surface area contributed by atoms with E-state index in [-0.39, 0.29) is 23.2 Å². The number of amides is 1. The number of unbranched alkanes of at least 4 members (excludes halogenated alkanes) is 1. The van der Waals surface area contributed by atoms with Crippen molar-refractivity contribution in [3.05, 3.63) is 50.6 Å². The fourth-order valence-corrected chi connectivity index (χ4v) is 2.95. The maximum Gasteiger partial charge on any atom is 0.338 e. The third-order valence-corrected chi connectivity index (χ3v) is 4.56. The lowest BCUT2D eigenvalue weighted by Gasteiger charge is -2.08. The van der Waals surface area contributed by atoms with Gasteiger partial charge in [0.25, 0.3) is 0 Å². The molecule has 1 amide bonds. The molecule has 0 aliphatic rings. The first-order chi connectivity index (χ1) is 12.0. The second-order valence-corrected chi connectivity index (χ2v) is 6.48. The summed E-state index contributed by atoms with van der Waals surface area (Å²) in [5, 5.41) is 4.54. The molecule has 0 radical (unpaired) electrons. The van der Waals surface area contributed by atoms with E-state index in [1.807, 2.05) is 13.8 Å². The zero-order valence-electron chi connectivity index (χ0n) is 14.4. The highest BCUT2D eigenvalue weighted by Gasteiger charge is 2.09. The number of aryl methyl sites for hydroxylation is 1. The second-order valence-electron chi connectivity index (χ2n) is 5.66. The number of ether oxygens (including phenoxy) is 1. The SMILES string of the molecule is CCCCOC(=O)c1ccc(NC(=O)CCn2c(C)csc2=O)cc1. The first-order valence-corrected chi connectivity index (χ1v) is 9.11. The summed E-state index contributed by atoms with van der Waals surface area (Å²) in [4.78, 5) is 35.4. The molecule has 134 valence electrons. The van der Waals surface area contributed by atoms with Crippen molar-refractivity contribution in [2.75, 3.05) is 11.9 Å². The van der Waals surface area contributed by atoms with Gasteiger partial charge in [0.05, 0.1) is 12.2 Å². The summed E-state index contributed by atoms with van der Waals surface area (Å²) in [7, 11) is 0. The van der Waals surface area contributed by atoms with Gasteiger partial charge in [-0.15, -0.1) is 0 Å². The molecule has 0 fully saturated rings. The molecule has 2 aromatic rings. The molecular weight excluding hydrogens is 340 g/mol. The number of carbonyl (C=O) groups excluding carboxylic acids is 2. The van der Waals surface area contributed by atoms with E-state index in [0.717, 1.165) is 29.9 Å². The van der Waals surface area contributed by atoms with Crippen LogP contribution in [-0.4, -0.2) is 23.1 Å². The molecule has 1 heterocycles. The number of nitrogens with zero attached hydrogens (tertiary/aromatic N) is 1. The largest absolute Gasteiger partial charge is 0.462 e. The lowest BCUT2D eigenvalue weighted by Crippen LogP contribution is -2.20. The molecule has 6 nitrogen and oxygen atoms in total. The molecule has 0 bridgehead atoms. The number of hydrogen-bond acceptors (Lipinski definition) is 5. The van der Waals surface area contributed by atoms with Crippen LogP contribution in [0.1, 0.15) is 42.2 Å². The van der Waals surface area contributed by atoms with Gasteiger partial charge in [-0.3, -0.25) is 9.59 Å². The first kappa shape index (κ1) is 18.9. The molecule has 1 aromatic carbocycles. The van der Waals surface area contributed by atoms with Crippen LogP contribution < -0.4 is 10.2 Å². The van der Waals surface area contributed by atoms with Gasteiger partial charge in [-0.1, -0.05) is 24.7 Å². The summed E-state index contributed by atoms with van der Waals surface area (Å²) in [5.41, 5.74) is 1.91. The zero-order chi connectivity index (χ0) is 18.2. The minimum absolute atomic E-state index is 0.0590. The number of hydrogen-bond donors (Lipinski definition) is 1. The van der Waals surface area contributed by atoms with E-state index in [1.165, 1.54) is 0 Å². The highest BCUT2D eigenvalue weighted by Crippen LogP contribution is 2.11. The molecule has 0 saturated carbocycles. The Kier molecular flexibility index (Phi) is 6.94. The maximum absolute atomic E-state index is 12.0. The average Bonchev–Trinajstić information content (AvgIpc) is 2.92. The van der Waals surface area contributed by atoms with Gasteiger partial charge in [-0.2, -0.15) is 0 Å². The highest BCUT2D eigenvalue weighted by molar-refractivity contribution is 7.07. The maximum atomic E-state index is 12.0. The molecule has 1 aromatic heterocycles. The Hall–Kier alpha value is -2.41. The number of anilines is 1. The summed E-state index contributed by atoms with van der Waals surface area (Å²) in [5.74, 6) is -0.547. The van der Waals surface area contributed by atoms with E-state index < -0.39 is 0 Å². The fraction of sp³-hybridized carbons (Fsp3) is 0.389. The fourth-order valence-electron chi connectivity index (χ4n) is 2.19. The molecule has 0 saturated heterocycles. The van der Waals surface area contributed by atoms with Crippen molar-refractivity contribution < 1.29 is 14.3 Å². The van der Waals surface area contributed by atoms with E-state index in [4.69, 9.17) is 4.74 Å². The minimum atomic E-state index is -0.362. The van der Waals surface area contributed by atoms with Gasteiger partial charge in [0.2, 0.25) is 5.91 Å². The average molecular weight is 362 g/mol. The summed E-state index contributed by atoms with van der Waals surface area (Å²) < 4.78 is 6.72. The summed E-state index contributed by atoms with van der Waals surface area (Å²) in [6, 6.07) is 6.57. The Balaban J connectivity index is 1.85. The van der Waals surface area contributed by atoms with Crippen LogP contribution >= 0.6 is 11.3 Å². The lowest BCUT2D eigenvalue weighted by molar-refractivity contribution is -0.116. The molecule has 1 N–H and O–H groups in total. The Morgan fingerprint density at radius 1 is 1.24 bits per heavy atom. The van der Waals surface area contributed by atoms with E-state index in [0.29, 0.717) is 24.4 Å². The number of nitrogens with one attached hydrogen (secondary N) is 1. The van der Waals surface area contributed by atoms with Gasteiger partial charge >= 0.3 is 10.8 Å². The van der Waals surface area contributed by atoms with E-state index in [2.05, 4.69) is 5.32 Å². The number of aromatic nitrogens is 1. The van der Waals surface area contributed by atoms with Crippen LogP contribution in [0.3, 0.4) is 0 Å². The summed E-state index contributed by atoms with van der Waals surface area (Å²) in [6.07, 6.45) is 2.01. The molecular formula is C18H22N2O4S. The topological polar surface area (TPSA) is 77.4 Å². The van der Waals surface area contributed by atoms with Crippen LogP contribution in [0.2, 0.25) is 0 Å². The quantitative estimate of drug-likeness (QED) is 0.578. The van der Waals surface area contributed by atoms with Gasteiger partial charge in [0.1, 0.15) is 0 Å². The normalized spacial score (nSPS) is 10.5. The van der Waals surface area contributed by atoms with E-state index in [1.54, 1.807) is 34.2 Å². The van der Waals surface area contributed by atoms with Gasteiger partial charge in [-0.25, -0.2) is 4.79 Å². The zero-order valence-corrected chi connectivity index (χ0v) is 15.2. The Morgan fingerprint density at radius 2 is 1.96 bits per heavy atom. The Morgan fingerprint density at radius 3 is 2.56 bits per heavy atom. The minimum Gasteiger partial charge on any atom is -0.462 e. The molecule has 0 aliphatic heterocycles. The van der Waals surface area contributed by atoms with Crippen molar-refractivity contribution in [1.29, 1.82) is 0 Å². The Bertz CT molecular complexity index is 777. The molecule has 0 spiro atoms. The number of benzene rings is 1. The molecule has 7 heteroatoms. The smallest absolute Gasteiger partial charge is 0.338 e. The first-order valence-electron chi connectivity index (χ1n) is 8.23. The second kappa shape index (κ2) is 9.17. The van der Waals surface area contributed by atoms with Gasteiger partial charge in [-0.05, 0) is 37.6 Å². The predicted molar refractivity (Wildman–Crippen MR) is 98.2 cm³/mol. The van der Waals surface area contributed by atoms with Crippen LogP contribution in [0.4, 0.5) is 5.69 Å². The molecule has 2 rings (SSSR count). The van der Waals surface area contributed by atoms with Gasteiger partial charge < -0.3 is 14.6 Å². The number of rotatable bonds is 8. The van der Waals surface area contributed by atoms with Crippen molar-refractivity contribution in [2.24, 2.45) is 0 Å². The molecule has 0 aliphatic carbocycles. The molecule has 0 atom stereocenters. The van der Waals surface area contributed by atoms with Crippen LogP contribution in [0.15, 0.2) is 34.4 Å². The van der Waals surface area contributed by atoms with Crippen LogP contribution in [0.25, 0.3) is 0 Å².